The Morgan fingerprint density at radius 1 is 1.30 bits per heavy atom. The van der Waals surface area contributed by atoms with Crippen LogP contribution in [0.4, 0.5) is 5.69 Å². The first-order chi connectivity index (χ1) is 9.56. The molecule has 0 radical (unpaired) electrons. The molecule has 2 rings (SSSR count). The van der Waals surface area contributed by atoms with Gasteiger partial charge < -0.3 is 9.43 Å². The van der Waals surface area contributed by atoms with E-state index >= 15 is 0 Å². The molecule has 0 saturated heterocycles. The van der Waals surface area contributed by atoms with Gasteiger partial charge in [-0.05, 0) is 30.0 Å². The molecule has 0 bridgehead atoms. The molecule has 6 nitrogen and oxygen atoms in total. The number of benzene rings is 1. The molecular weight excluding hydrogens is 278 g/mol. The molecule has 1 aromatic carbocycles. The maximum Gasteiger partial charge on any atom is 0.283 e. The van der Waals surface area contributed by atoms with Gasteiger partial charge in [-0.25, -0.2) is 0 Å². The highest BCUT2D eigenvalue weighted by atomic mass is 32.2. The Kier molecular flexibility index (Phi) is 4.41. The number of nitro benzene ring substituents is 1. The quantitative estimate of drug-likeness (QED) is 0.480. The zero-order valence-electron chi connectivity index (χ0n) is 11.0. The lowest BCUT2D eigenvalue weighted by atomic mass is 10.3. The van der Waals surface area contributed by atoms with Gasteiger partial charge in [0.2, 0.25) is 0 Å². The molecule has 1 heterocycles. The van der Waals surface area contributed by atoms with E-state index in [1.54, 1.807) is 41.6 Å². The average Bonchev–Trinajstić information content (AvgIpc) is 2.84. The summed E-state index contributed by atoms with van der Waals surface area (Å²) in [5.74, 6) is 0.597. The molecule has 20 heavy (non-hydrogen) atoms. The van der Waals surface area contributed by atoms with Crippen LogP contribution in [0.5, 0.6) is 0 Å². The number of hydrazone groups is 1. The predicted octanol–water partition coefficient (Wildman–Crippen LogP) is 3.23. The van der Waals surface area contributed by atoms with Crippen LogP contribution < -0.4 is 0 Å². The number of furan rings is 1. The summed E-state index contributed by atoms with van der Waals surface area (Å²) in [5.41, 5.74) is 0.0670. The molecule has 0 unspecified atom stereocenters. The van der Waals surface area contributed by atoms with Crippen LogP contribution in [0.25, 0.3) is 0 Å². The second-order valence-corrected chi connectivity index (χ2v) is 5.12. The standard InChI is InChI=1S/C13H13N3O3S/c1-15(2)14-9-10-7-8-13(19-10)20-12-6-4-3-5-11(12)16(17)18/h3-9H,1-2H3. The molecule has 7 heteroatoms. The summed E-state index contributed by atoms with van der Waals surface area (Å²) in [4.78, 5) is 11.1. The van der Waals surface area contributed by atoms with Crippen molar-refractivity contribution in [3.05, 3.63) is 52.3 Å². The average molecular weight is 291 g/mol. The zero-order valence-corrected chi connectivity index (χ0v) is 11.8. The predicted molar refractivity (Wildman–Crippen MR) is 77.2 cm³/mol. The largest absolute Gasteiger partial charge is 0.448 e. The lowest BCUT2D eigenvalue weighted by molar-refractivity contribution is -0.387. The second kappa shape index (κ2) is 6.25. The van der Waals surface area contributed by atoms with Crippen LogP contribution in [0.2, 0.25) is 0 Å². The number of nitro groups is 1. The first-order valence-electron chi connectivity index (χ1n) is 5.78. The van der Waals surface area contributed by atoms with Crippen LogP contribution in [-0.2, 0) is 0 Å². The van der Waals surface area contributed by atoms with Crippen molar-refractivity contribution in [3.63, 3.8) is 0 Å². The summed E-state index contributed by atoms with van der Waals surface area (Å²) in [6.45, 7) is 0. The fourth-order valence-corrected chi connectivity index (χ4v) is 2.32. The summed E-state index contributed by atoms with van der Waals surface area (Å²) in [7, 11) is 3.62. The van der Waals surface area contributed by atoms with E-state index in [0.717, 1.165) is 0 Å². The van der Waals surface area contributed by atoms with E-state index < -0.39 is 4.92 Å². The molecule has 0 aliphatic heterocycles. The van der Waals surface area contributed by atoms with E-state index in [1.165, 1.54) is 17.8 Å². The molecular formula is C13H13N3O3S. The maximum absolute atomic E-state index is 10.9. The van der Waals surface area contributed by atoms with E-state index in [1.807, 2.05) is 14.1 Å². The van der Waals surface area contributed by atoms with Gasteiger partial charge in [-0.15, -0.1) is 0 Å². The van der Waals surface area contributed by atoms with Gasteiger partial charge in [0.1, 0.15) is 5.76 Å². The minimum absolute atomic E-state index is 0.0670. The van der Waals surface area contributed by atoms with Crippen LogP contribution in [-0.4, -0.2) is 30.2 Å². The lowest BCUT2D eigenvalue weighted by Gasteiger charge is -2.01. The molecule has 0 fully saturated rings. The monoisotopic (exact) mass is 291 g/mol. The topological polar surface area (TPSA) is 71.9 Å². The normalized spacial score (nSPS) is 10.9. The highest BCUT2D eigenvalue weighted by Gasteiger charge is 2.15. The van der Waals surface area contributed by atoms with Gasteiger partial charge in [-0.1, -0.05) is 12.1 Å². The number of hydrogen-bond donors (Lipinski definition) is 0. The van der Waals surface area contributed by atoms with Crippen molar-refractivity contribution in [2.45, 2.75) is 9.99 Å². The van der Waals surface area contributed by atoms with Crippen LogP contribution in [0.3, 0.4) is 0 Å². The van der Waals surface area contributed by atoms with E-state index in [-0.39, 0.29) is 5.69 Å². The van der Waals surface area contributed by atoms with Gasteiger partial charge in [0.05, 0.1) is 16.0 Å². The van der Waals surface area contributed by atoms with E-state index in [9.17, 15) is 10.1 Å². The Balaban J connectivity index is 2.17. The fourth-order valence-electron chi connectivity index (χ4n) is 1.43. The molecule has 0 N–H and O–H groups in total. The van der Waals surface area contributed by atoms with E-state index in [2.05, 4.69) is 5.10 Å². The minimum atomic E-state index is -0.403. The van der Waals surface area contributed by atoms with Crippen molar-refractivity contribution in [2.24, 2.45) is 5.10 Å². The van der Waals surface area contributed by atoms with E-state index in [4.69, 9.17) is 4.42 Å². The summed E-state index contributed by atoms with van der Waals surface area (Å²) >= 11 is 1.21. The second-order valence-electron chi connectivity index (χ2n) is 4.08. The van der Waals surface area contributed by atoms with Crippen molar-refractivity contribution >= 4 is 23.7 Å². The van der Waals surface area contributed by atoms with Crippen molar-refractivity contribution in [1.29, 1.82) is 0 Å². The van der Waals surface area contributed by atoms with Crippen molar-refractivity contribution in [3.8, 4) is 0 Å². The van der Waals surface area contributed by atoms with Crippen molar-refractivity contribution in [2.75, 3.05) is 14.1 Å². The summed E-state index contributed by atoms with van der Waals surface area (Å²) in [5, 5.41) is 17.2. The highest BCUT2D eigenvalue weighted by molar-refractivity contribution is 7.99. The smallest absolute Gasteiger partial charge is 0.283 e. The van der Waals surface area contributed by atoms with Crippen LogP contribution in [0.15, 0.2) is 55.9 Å². The Bertz CT molecular complexity index is 637. The third-order valence-electron chi connectivity index (χ3n) is 2.29. The van der Waals surface area contributed by atoms with Gasteiger partial charge in [0.25, 0.3) is 5.69 Å². The fraction of sp³-hybridized carbons (Fsp3) is 0.154. The molecule has 0 aliphatic carbocycles. The lowest BCUT2D eigenvalue weighted by Crippen LogP contribution is -2.01. The van der Waals surface area contributed by atoms with E-state index in [0.29, 0.717) is 15.7 Å². The molecule has 0 spiro atoms. The molecule has 1 aromatic heterocycles. The number of rotatable bonds is 5. The van der Waals surface area contributed by atoms with Gasteiger partial charge >= 0.3 is 0 Å². The number of para-hydroxylation sites is 1. The molecule has 2 aromatic rings. The Morgan fingerprint density at radius 3 is 2.75 bits per heavy atom. The first-order valence-corrected chi connectivity index (χ1v) is 6.60. The third-order valence-corrected chi connectivity index (χ3v) is 3.28. The Labute approximate surface area is 120 Å². The number of hydrogen-bond acceptors (Lipinski definition) is 6. The maximum atomic E-state index is 10.9. The molecule has 0 atom stereocenters. The van der Waals surface area contributed by atoms with Crippen molar-refractivity contribution in [1.82, 2.24) is 5.01 Å². The minimum Gasteiger partial charge on any atom is -0.448 e. The third kappa shape index (κ3) is 3.61. The van der Waals surface area contributed by atoms with Gasteiger partial charge in [0, 0.05) is 20.2 Å². The molecule has 0 amide bonds. The Hall–Kier alpha value is -2.28. The van der Waals surface area contributed by atoms with Gasteiger partial charge in [0.15, 0.2) is 5.09 Å². The van der Waals surface area contributed by atoms with Crippen LogP contribution >= 0.6 is 11.8 Å². The SMILES string of the molecule is CN(C)N=Cc1ccc(Sc2ccccc2[N+](=O)[O-])o1. The Morgan fingerprint density at radius 2 is 2.05 bits per heavy atom. The van der Waals surface area contributed by atoms with Crippen LogP contribution in [0, 0.1) is 10.1 Å². The zero-order chi connectivity index (χ0) is 14.5. The molecule has 0 aliphatic rings. The van der Waals surface area contributed by atoms with Gasteiger partial charge in [-0.3, -0.25) is 10.1 Å². The first kappa shape index (κ1) is 14.1. The number of nitrogens with zero attached hydrogens (tertiary/aromatic N) is 3. The van der Waals surface area contributed by atoms with Crippen molar-refractivity contribution < 1.29 is 9.34 Å². The highest BCUT2D eigenvalue weighted by Crippen LogP contribution is 2.35. The summed E-state index contributed by atoms with van der Waals surface area (Å²) < 4.78 is 5.54. The summed E-state index contributed by atoms with van der Waals surface area (Å²) in [6.07, 6.45) is 1.59. The summed E-state index contributed by atoms with van der Waals surface area (Å²) in [6, 6.07) is 10.1. The van der Waals surface area contributed by atoms with Crippen LogP contribution in [0.1, 0.15) is 5.76 Å². The molecule has 0 saturated carbocycles. The molecule has 104 valence electrons. The van der Waals surface area contributed by atoms with Gasteiger partial charge in [-0.2, -0.15) is 5.10 Å².